The summed E-state index contributed by atoms with van der Waals surface area (Å²) < 4.78 is 4.63. The van der Waals surface area contributed by atoms with Crippen molar-refractivity contribution in [3.05, 3.63) is 81.8 Å². The average molecular weight is 499 g/mol. The van der Waals surface area contributed by atoms with Gasteiger partial charge in [0, 0.05) is 22.4 Å². The van der Waals surface area contributed by atoms with E-state index in [1.165, 1.54) is 12.5 Å². The van der Waals surface area contributed by atoms with Gasteiger partial charge < -0.3 is 15.4 Å². The van der Waals surface area contributed by atoms with E-state index >= 15 is 0 Å². The fourth-order valence-corrected chi connectivity index (χ4v) is 4.49. The molecule has 2 aromatic carbocycles. The van der Waals surface area contributed by atoms with Gasteiger partial charge in [-0.2, -0.15) is 0 Å². The molecule has 4 rings (SSSR count). The molecule has 2 N–H and O–H groups in total. The van der Waals surface area contributed by atoms with E-state index in [2.05, 4.69) is 20.4 Å². The number of hydrogen-bond donors (Lipinski definition) is 2. The number of rotatable bonds is 7. The largest absolute Gasteiger partial charge is 0.464 e. The van der Waals surface area contributed by atoms with Crippen molar-refractivity contribution in [1.82, 2.24) is 15.2 Å². The van der Waals surface area contributed by atoms with E-state index in [0.29, 0.717) is 10.6 Å². The molecule has 3 aromatic rings. The summed E-state index contributed by atoms with van der Waals surface area (Å²) in [6.45, 7) is 0. The summed E-state index contributed by atoms with van der Waals surface area (Å²) in [7, 11) is 1.23. The van der Waals surface area contributed by atoms with Crippen molar-refractivity contribution in [2.75, 3.05) is 12.4 Å². The van der Waals surface area contributed by atoms with Gasteiger partial charge in [-0.1, -0.05) is 60.1 Å². The summed E-state index contributed by atoms with van der Waals surface area (Å²) in [6.07, 6.45) is 0.0797. The number of anilines is 1. The van der Waals surface area contributed by atoms with Crippen molar-refractivity contribution in [2.45, 2.75) is 18.5 Å². The lowest BCUT2D eigenvalue weighted by molar-refractivity contribution is -0.134. The van der Waals surface area contributed by atoms with Crippen LogP contribution in [-0.4, -0.2) is 46.9 Å². The van der Waals surface area contributed by atoms with Crippen LogP contribution in [0.15, 0.2) is 60.0 Å². The highest BCUT2D eigenvalue weighted by molar-refractivity contribution is 7.14. The molecule has 4 amide bonds. The Labute approximate surface area is 203 Å². The first-order chi connectivity index (χ1) is 16.4. The van der Waals surface area contributed by atoms with Crippen molar-refractivity contribution in [2.24, 2.45) is 0 Å². The molecule has 0 bridgehead atoms. The van der Waals surface area contributed by atoms with Crippen LogP contribution in [0.3, 0.4) is 0 Å². The standard InChI is InChI=1S/C23H19ClN4O5S/c1-33-21(31)16-12-34-22(25-16)27-19(29)17(11-13-7-3-2-4-8-13)28-20(30)18(26-23(28)32)14-9-5-6-10-15(14)24/h2-10,12,17-18H,11H2,1H3,(H,26,32)(H,25,27,29). The summed E-state index contributed by atoms with van der Waals surface area (Å²) in [5.74, 6) is -1.87. The Balaban J connectivity index is 1.63. The number of esters is 1. The number of aromatic nitrogens is 1. The molecule has 174 valence electrons. The molecule has 1 aromatic heterocycles. The van der Waals surface area contributed by atoms with Crippen LogP contribution in [0.4, 0.5) is 9.93 Å². The molecule has 2 unspecified atom stereocenters. The molecule has 9 nitrogen and oxygen atoms in total. The highest BCUT2D eigenvalue weighted by Crippen LogP contribution is 2.30. The highest BCUT2D eigenvalue weighted by Gasteiger charge is 2.46. The van der Waals surface area contributed by atoms with Gasteiger partial charge in [0.2, 0.25) is 5.91 Å². The van der Waals surface area contributed by atoms with Crippen molar-refractivity contribution in [3.8, 4) is 0 Å². The summed E-state index contributed by atoms with van der Waals surface area (Å²) in [5.41, 5.74) is 1.22. The zero-order valence-corrected chi connectivity index (χ0v) is 19.4. The van der Waals surface area contributed by atoms with Gasteiger partial charge in [0.25, 0.3) is 5.91 Å². The predicted molar refractivity (Wildman–Crippen MR) is 126 cm³/mol. The Morgan fingerprint density at radius 3 is 2.59 bits per heavy atom. The van der Waals surface area contributed by atoms with Gasteiger partial charge in [-0.05, 0) is 11.6 Å². The lowest BCUT2D eigenvalue weighted by atomic mass is 10.0. The number of carbonyl (C=O) groups excluding carboxylic acids is 4. The second kappa shape index (κ2) is 10.0. The Kier molecular flexibility index (Phi) is 6.90. The van der Waals surface area contributed by atoms with E-state index in [4.69, 9.17) is 11.6 Å². The van der Waals surface area contributed by atoms with E-state index in [1.54, 1.807) is 48.5 Å². The maximum atomic E-state index is 13.3. The SMILES string of the molecule is COC(=O)c1csc(NC(=O)C(Cc2ccccc2)N2C(=O)NC(c3ccccc3Cl)C2=O)n1. The third-order valence-corrected chi connectivity index (χ3v) is 6.30. The number of thiazole rings is 1. The molecule has 0 radical (unpaired) electrons. The van der Waals surface area contributed by atoms with E-state index < -0.39 is 35.9 Å². The van der Waals surface area contributed by atoms with Crippen LogP contribution < -0.4 is 10.6 Å². The first kappa shape index (κ1) is 23.4. The van der Waals surface area contributed by atoms with Crippen LogP contribution in [-0.2, 0) is 20.7 Å². The third kappa shape index (κ3) is 4.78. The molecule has 11 heteroatoms. The Morgan fingerprint density at radius 2 is 1.88 bits per heavy atom. The minimum atomic E-state index is -1.17. The van der Waals surface area contributed by atoms with Crippen LogP contribution >= 0.6 is 22.9 Å². The highest BCUT2D eigenvalue weighted by atomic mass is 35.5. The van der Waals surface area contributed by atoms with Crippen LogP contribution in [0, 0.1) is 0 Å². The van der Waals surface area contributed by atoms with Crippen LogP contribution in [0.25, 0.3) is 0 Å². The third-order valence-electron chi connectivity index (χ3n) is 5.20. The van der Waals surface area contributed by atoms with Crippen molar-refractivity contribution in [1.29, 1.82) is 0 Å². The lowest BCUT2D eigenvalue weighted by Crippen LogP contribution is -2.49. The van der Waals surface area contributed by atoms with E-state index in [-0.39, 0.29) is 17.2 Å². The fraction of sp³-hybridized carbons (Fsp3) is 0.174. The number of imide groups is 1. The molecule has 1 fully saturated rings. The lowest BCUT2D eigenvalue weighted by Gasteiger charge is -2.24. The summed E-state index contributed by atoms with van der Waals surface area (Å²) in [6, 6.07) is 12.8. The number of urea groups is 1. The molecule has 0 saturated carbocycles. The summed E-state index contributed by atoms with van der Waals surface area (Å²) in [5, 5.41) is 7.13. The zero-order valence-electron chi connectivity index (χ0n) is 17.9. The summed E-state index contributed by atoms with van der Waals surface area (Å²) >= 11 is 7.26. The quantitative estimate of drug-likeness (QED) is 0.380. The van der Waals surface area contributed by atoms with Gasteiger partial charge in [-0.15, -0.1) is 11.3 Å². The average Bonchev–Trinajstić information content (AvgIpc) is 3.42. The number of nitrogens with zero attached hydrogens (tertiary/aromatic N) is 2. The maximum absolute atomic E-state index is 13.3. The van der Waals surface area contributed by atoms with Gasteiger partial charge in [0.05, 0.1) is 7.11 Å². The number of nitrogens with one attached hydrogen (secondary N) is 2. The number of hydrogen-bond acceptors (Lipinski definition) is 7. The van der Waals surface area contributed by atoms with E-state index in [1.807, 2.05) is 6.07 Å². The first-order valence-electron chi connectivity index (χ1n) is 10.2. The zero-order chi connectivity index (χ0) is 24.2. The number of halogens is 1. The van der Waals surface area contributed by atoms with Crippen molar-refractivity contribution in [3.63, 3.8) is 0 Å². The van der Waals surface area contributed by atoms with Gasteiger partial charge in [-0.25, -0.2) is 19.5 Å². The second-order valence-electron chi connectivity index (χ2n) is 7.34. The molecular weight excluding hydrogens is 480 g/mol. The number of ether oxygens (including phenoxy) is 1. The van der Waals surface area contributed by atoms with Crippen LogP contribution in [0.2, 0.25) is 5.02 Å². The Bertz CT molecular complexity index is 1250. The predicted octanol–water partition coefficient (Wildman–Crippen LogP) is 3.43. The first-order valence-corrected chi connectivity index (χ1v) is 11.4. The fourth-order valence-electron chi connectivity index (χ4n) is 3.57. The topological polar surface area (TPSA) is 118 Å². The monoisotopic (exact) mass is 498 g/mol. The second-order valence-corrected chi connectivity index (χ2v) is 8.60. The number of amides is 4. The number of carbonyl (C=O) groups is 4. The summed E-state index contributed by atoms with van der Waals surface area (Å²) in [4.78, 5) is 56.1. The maximum Gasteiger partial charge on any atom is 0.357 e. The smallest absolute Gasteiger partial charge is 0.357 e. The molecule has 0 aliphatic carbocycles. The molecule has 1 saturated heterocycles. The molecular formula is C23H19ClN4O5S. The van der Waals surface area contributed by atoms with Crippen LogP contribution in [0.5, 0.6) is 0 Å². The molecule has 2 atom stereocenters. The van der Waals surface area contributed by atoms with Crippen LogP contribution in [0.1, 0.15) is 27.7 Å². The minimum Gasteiger partial charge on any atom is -0.464 e. The van der Waals surface area contributed by atoms with E-state index in [9.17, 15) is 19.2 Å². The van der Waals surface area contributed by atoms with Gasteiger partial charge in [-0.3, -0.25) is 9.59 Å². The van der Waals surface area contributed by atoms with Crippen molar-refractivity contribution >= 4 is 51.9 Å². The molecule has 1 aliphatic heterocycles. The molecule has 2 heterocycles. The van der Waals surface area contributed by atoms with Gasteiger partial charge in [0.1, 0.15) is 12.1 Å². The molecule has 1 aliphatic rings. The minimum absolute atomic E-state index is 0.0381. The van der Waals surface area contributed by atoms with Crippen molar-refractivity contribution < 1.29 is 23.9 Å². The Morgan fingerprint density at radius 1 is 1.18 bits per heavy atom. The van der Waals surface area contributed by atoms with Gasteiger partial charge in [0.15, 0.2) is 10.8 Å². The van der Waals surface area contributed by atoms with Gasteiger partial charge >= 0.3 is 12.0 Å². The molecule has 34 heavy (non-hydrogen) atoms. The number of methoxy groups -OCH3 is 1. The molecule has 0 spiro atoms. The van der Waals surface area contributed by atoms with E-state index in [0.717, 1.165) is 21.8 Å². The normalized spacial score (nSPS) is 16.2. The number of benzene rings is 2. The Hall–Kier alpha value is -3.76.